The lowest BCUT2D eigenvalue weighted by Crippen LogP contribution is -2.31. The van der Waals surface area contributed by atoms with Gasteiger partial charge in [-0.15, -0.1) is 0 Å². The van der Waals surface area contributed by atoms with Crippen molar-refractivity contribution < 1.29 is 0 Å². The van der Waals surface area contributed by atoms with Crippen molar-refractivity contribution in [1.29, 1.82) is 0 Å². The van der Waals surface area contributed by atoms with Crippen LogP contribution < -0.4 is 4.90 Å². The fraction of sp³-hybridized carbons (Fsp3) is 0.156. The molecule has 5 heteroatoms. The van der Waals surface area contributed by atoms with E-state index in [1.807, 2.05) is 24.5 Å². The lowest BCUT2D eigenvalue weighted by atomic mass is 9.73. The summed E-state index contributed by atoms with van der Waals surface area (Å²) >= 11 is 0. The second-order valence-electron chi connectivity index (χ2n) is 10.5. The highest BCUT2D eigenvalue weighted by Crippen LogP contribution is 2.52. The zero-order valence-electron chi connectivity index (χ0n) is 21.4. The summed E-state index contributed by atoms with van der Waals surface area (Å²) in [5.41, 5.74) is 12.1. The predicted molar refractivity (Wildman–Crippen MR) is 150 cm³/mol. The minimum absolute atomic E-state index is 0.124. The Morgan fingerprint density at radius 1 is 0.703 bits per heavy atom. The summed E-state index contributed by atoms with van der Waals surface area (Å²) in [7, 11) is 0. The molecule has 5 heterocycles. The van der Waals surface area contributed by atoms with Gasteiger partial charge in [-0.3, -0.25) is 14.9 Å². The highest BCUT2D eigenvalue weighted by molar-refractivity contribution is 6.05. The van der Waals surface area contributed by atoms with E-state index in [2.05, 4.69) is 103 Å². The number of nitrogens with zero attached hydrogens (tertiary/aromatic N) is 5. The van der Waals surface area contributed by atoms with E-state index in [0.717, 1.165) is 33.6 Å². The molecule has 7 rings (SSSR count). The van der Waals surface area contributed by atoms with Crippen LogP contribution in [0.3, 0.4) is 0 Å². The van der Waals surface area contributed by atoms with Gasteiger partial charge in [0.1, 0.15) is 16.9 Å². The van der Waals surface area contributed by atoms with Crippen LogP contribution in [0.1, 0.15) is 36.1 Å². The van der Waals surface area contributed by atoms with E-state index in [-0.39, 0.29) is 5.41 Å². The van der Waals surface area contributed by atoms with Crippen LogP contribution in [0.25, 0.3) is 27.8 Å². The van der Waals surface area contributed by atoms with Gasteiger partial charge in [-0.1, -0.05) is 49.2 Å². The number of rotatable bonds is 2. The maximum atomic E-state index is 5.29. The standard InChI is InChI=1S/C32H27N5/c1-20-9-11-25-23(17-20)32(3,4)24-18-21(2)10-12-26(24)37(25)29-14-13-28-31(35-29)30-27(8-6-16-34-30)36(28)22-7-5-15-33-19-22/h5-19H,1-4H3. The summed E-state index contributed by atoms with van der Waals surface area (Å²) in [6.07, 6.45) is 5.51. The number of hydrogen-bond acceptors (Lipinski definition) is 4. The molecular formula is C32H27N5. The molecule has 0 fully saturated rings. The average molecular weight is 482 g/mol. The first-order chi connectivity index (χ1) is 17.9. The molecule has 0 bridgehead atoms. The van der Waals surface area contributed by atoms with Gasteiger partial charge in [0.05, 0.1) is 34.3 Å². The van der Waals surface area contributed by atoms with Gasteiger partial charge in [-0.2, -0.15) is 0 Å². The maximum Gasteiger partial charge on any atom is 0.138 e. The normalized spacial score (nSPS) is 14.1. The molecule has 0 radical (unpaired) electrons. The van der Waals surface area contributed by atoms with Crippen LogP contribution in [-0.2, 0) is 5.41 Å². The van der Waals surface area contributed by atoms with Crippen molar-refractivity contribution in [2.45, 2.75) is 33.1 Å². The van der Waals surface area contributed by atoms with Crippen molar-refractivity contribution in [2.75, 3.05) is 4.90 Å². The molecule has 6 aromatic rings. The predicted octanol–water partition coefficient (Wildman–Crippen LogP) is 7.69. The Bertz CT molecular complexity index is 1780. The number of benzene rings is 2. The van der Waals surface area contributed by atoms with Crippen LogP contribution in [0.4, 0.5) is 17.2 Å². The minimum Gasteiger partial charge on any atom is -0.304 e. The van der Waals surface area contributed by atoms with Crippen molar-refractivity contribution >= 4 is 39.3 Å². The highest BCUT2D eigenvalue weighted by atomic mass is 15.2. The number of hydrogen-bond donors (Lipinski definition) is 0. The van der Waals surface area contributed by atoms with Crippen LogP contribution in [0, 0.1) is 13.8 Å². The zero-order chi connectivity index (χ0) is 25.3. The second kappa shape index (κ2) is 7.74. The van der Waals surface area contributed by atoms with Crippen LogP contribution in [0.2, 0.25) is 0 Å². The number of pyridine rings is 3. The first-order valence-corrected chi connectivity index (χ1v) is 12.6. The fourth-order valence-corrected chi connectivity index (χ4v) is 5.79. The molecule has 37 heavy (non-hydrogen) atoms. The Morgan fingerprint density at radius 2 is 1.38 bits per heavy atom. The molecule has 5 nitrogen and oxygen atoms in total. The smallest absolute Gasteiger partial charge is 0.138 e. The molecule has 0 amide bonds. The second-order valence-corrected chi connectivity index (χ2v) is 10.5. The van der Waals surface area contributed by atoms with Crippen molar-refractivity contribution in [3.8, 4) is 5.69 Å². The van der Waals surface area contributed by atoms with E-state index < -0.39 is 0 Å². The molecule has 4 aromatic heterocycles. The first kappa shape index (κ1) is 21.7. The molecule has 180 valence electrons. The number of fused-ring (bicyclic) bond motifs is 5. The van der Waals surface area contributed by atoms with Gasteiger partial charge >= 0.3 is 0 Å². The summed E-state index contributed by atoms with van der Waals surface area (Å²) in [5.74, 6) is 0.883. The van der Waals surface area contributed by atoms with Gasteiger partial charge in [0.2, 0.25) is 0 Å². The molecule has 1 aliphatic heterocycles. The largest absolute Gasteiger partial charge is 0.304 e. The minimum atomic E-state index is -0.124. The van der Waals surface area contributed by atoms with E-state index in [4.69, 9.17) is 9.97 Å². The van der Waals surface area contributed by atoms with E-state index in [9.17, 15) is 0 Å². The third-order valence-electron chi connectivity index (χ3n) is 7.62. The fourth-order valence-electron chi connectivity index (χ4n) is 5.79. The lowest BCUT2D eigenvalue weighted by Gasteiger charge is -2.42. The molecule has 1 aliphatic rings. The third-order valence-corrected chi connectivity index (χ3v) is 7.62. The quantitative estimate of drug-likeness (QED) is 0.254. The molecule has 0 aliphatic carbocycles. The zero-order valence-corrected chi connectivity index (χ0v) is 21.4. The van der Waals surface area contributed by atoms with E-state index >= 15 is 0 Å². The Balaban J connectivity index is 1.53. The Hall–Kier alpha value is -4.51. The van der Waals surface area contributed by atoms with Crippen LogP contribution in [0.15, 0.2) is 91.4 Å². The van der Waals surface area contributed by atoms with Gasteiger partial charge in [0.25, 0.3) is 0 Å². The van der Waals surface area contributed by atoms with Crippen LogP contribution >= 0.6 is 0 Å². The average Bonchev–Trinajstić information content (AvgIpc) is 3.24. The van der Waals surface area contributed by atoms with E-state index in [0.29, 0.717) is 0 Å². The molecule has 0 unspecified atom stereocenters. The van der Waals surface area contributed by atoms with Gasteiger partial charge in [-0.25, -0.2) is 4.98 Å². The SMILES string of the molecule is Cc1ccc2c(c1)C(C)(C)c1cc(C)ccc1N2c1ccc2c(n1)c1ncccc1n2-c1cccnc1. The monoisotopic (exact) mass is 481 g/mol. The Labute approximate surface area is 216 Å². The van der Waals surface area contributed by atoms with E-state index in [1.165, 1.54) is 33.6 Å². The van der Waals surface area contributed by atoms with Gasteiger partial charge in [-0.05, 0) is 73.5 Å². The summed E-state index contributed by atoms with van der Waals surface area (Å²) in [4.78, 5) is 16.7. The molecule has 0 atom stereocenters. The number of anilines is 3. The van der Waals surface area contributed by atoms with Crippen LogP contribution in [0.5, 0.6) is 0 Å². The summed E-state index contributed by atoms with van der Waals surface area (Å²) < 4.78 is 2.19. The molecular weight excluding hydrogens is 454 g/mol. The molecule has 2 aromatic carbocycles. The van der Waals surface area contributed by atoms with Crippen molar-refractivity contribution in [3.05, 3.63) is 114 Å². The molecule has 0 N–H and O–H groups in total. The molecule has 0 spiro atoms. The topological polar surface area (TPSA) is 46.8 Å². The summed E-state index contributed by atoms with van der Waals surface area (Å²) in [6.45, 7) is 8.97. The van der Waals surface area contributed by atoms with Gasteiger partial charge in [0.15, 0.2) is 0 Å². The van der Waals surface area contributed by atoms with Crippen molar-refractivity contribution in [1.82, 2.24) is 19.5 Å². The van der Waals surface area contributed by atoms with Crippen molar-refractivity contribution in [3.63, 3.8) is 0 Å². The summed E-state index contributed by atoms with van der Waals surface area (Å²) in [6, 6.07) is 25.9. The summed E-state index contributed by atoms with van der Waals surface area (Å²) in [5, 5.41) is 0. The van der Waals surface area contributed by atoms with Crippen LogP contribution in [-0.4, -0.2) is 19.5 Å². The lowest BCUT2D eigenvalue weighted by molar-refractivity contribution is 0.630. The molecule has 0 saturated heterocycles. The Morgan fingerprint density at radius 3 is 2.05 bits per heavy atom. The van der Waals surface area contributed by atoms with Gasteiger partial charge < -0.3 is 4.57 Å². The Kier molecular flexibility index (Phi) is 4.55. The van der Waals surface area contributed by atoms with Crippen molar-refractivity contribution in [2.24, 2.45) is 0 Å². The number of aryl methyl sites for hydroxylation is 2. The highest BCUT2D eigenvalue weighted by Gasteiger charge is 2.37. The first-order valence-electron chi connectivity index (χ1n) is 12.6. The third kappa shape index (κ3) is 3.13. The van der Waals surface area contributed by atoms with Gasteiger partial charge in [0, 0.05) is 17.8 Å². The molecule has 0 saturated carbocycles. The maximum absolute atomic E-state index is 5.29. The van der Waals surface area contributed by atoms with E-state index in [1.54, 1.807) is 6.20 Å². The number of aromatic nitrogens is 4.